The molecule has 3 heterocycles. The van der Waals surface area contributed by atoms with Crippen LogP contribution in [0.5, 0.6) is 0 Å². The normalized spacial score (nSPS) is 21.7. The van der Waals surface area contributed by atoms with Crippen molar-refractivity contribution in [1.29, 1.82) is 0 Å². The molecule has 0 N–H and O–H groups in total. The predicted octanol–water partition coefficient (Wildman–Crippen LogP) is 4.83. The Balaban J connectivity index is 1.21. The molecule has 5 rings (SSSR count). The fourth-order valence-electron chi connectivity index (χ4n) is 6.05. The van der Waals surface area contributed by atoms with Crippen molar-refractivity contribution in [2.75, 3.05) is 39.4 Å². The Bertz CT molecular complexity index is 1220. The highest BCUT2D eigenvalue weighted by Crippen LogP contribution is 2.44. The molecule has 3 saturated heterocycles. The number of nitrogens with zero attached hydrogens (tertiary/aromatic N) is 2. The summed E-state index contributed by atoms with van der Waals surface area (Å²) in [5.41, 5.74) is 0.392. The summed E-state index contributed by atoms with van der Waals surface area (Å²) in [6.07, 6.45) is 3.52. The molecule has 0 aliphatic carbocycles. The van der Waals surface area contributed by atoms with Crippen molar-refractivity contribution in [2.45, 2.75) is 73.7 Å². The smallest absolute Gasteiger partial charge is 0.410 e. The Labute approximate surface area is 232 Å². The van der Waals surface area contributed by atoms with Gasteiger partial charge in [-0.05, 0) is 83.8 Å². The van der Waals surface area contributed by atoms with Crippen LogP contribution in [0.1, 0.15) is 52.0 Å². The molecule has 0 unspecified atom stereocenters. The number of carbonyl (C=O) groups is 1. The van der Waals surface area contributed by atoms with Crippen LogP contribution >= 0.6 is 0 Å². The largest absolute Gasteiger partial charge is 0.444 e. The van der Waals surface area contributed by atoms with Gasteiger partial charge < -0.3 is 24.0 Å². The van der Waals surface area contributed by atoms with Gasteiger partial charge in [0.25, 0.3) is 0 Å². The Hall–Kier alpha value is -2.46. The summed E-state index contributed by atoms with van der Waals surface area (Å²) >= 11 is 0. The average molecular weight is 557 g/mol. The molecule has 8 nitrogen and oxygen atoms in total. The highest BCUT2D eigenvalue weighted by atomic mass is 32.2. The van der Waals surface area contributed by atoms with E-state index in [1.807, 2.05) is 37.8 Å². The fourth-order valence-corrected chi connectivity index (χ4v) is 7.34. The van der Waals surface area contributed by atoms with Crippen LogP contribution in [0.4, 0.5) is 4.79 Å². The number of sulfone groups is 1. The van der Waals surface area contributed by atoms with Gasteiger partial charge in [-0.15, -0.1) is 0 Å². The van der Waals surface area contributed by atoms with Gasteiger partial charge in [0.15, 0.2) is 5.79 Å². The second-order valence-corrected chi connectivity index (χ2v) is 13.7. The lowest BCUT2D eigenvalue weighted by molar-refractivity contribution is -0.215. The number of benzene rings is 2. The molecule has 0 saturated carbocycles. The Morgan fingerprint density at radius 2 is 1.41 bits per heavy atom. The van der Waals surface area contributed by atoms with E-state index >= 15 is 0 Å². The number of rotatable bonds is 5. The lowest BCUT2D eigenvalue weighted by atomic mass is 9.83. The van der Waals surface area contributed by atoms with Crippen LogP contribution < -0.4 is 0 Å². The number of amides is 1. The van der Waals surface area contributed by atoms with Gasteiger partial charge >= 0.3 is 6.09 Å². The maximum atomic E-state index is 13.1. The number of carbonyl (C=O) groups excluding carboxylic acids is 1. The van der Waals surface area contributed by atoms with Crippen molar-refractivity contribution in [3.63, 3.8) is 0 Å². The lowest BCUT2D eigenvalue weighted by Gasteiger charge is -2.45. The maximum absolute atomic E-state index is 13.1. The highest BCUT2D eigenvalue weighted by molar-refractivity contribution is 7.91. The number of hydrogen-bond donors (Lipinski definition) is 0. The van der Waals surface area contributed by atoms with Gasteiger partial charge in [0, 0.05) is 30.6 Å². The minimum absolute atomic E-state index is 0.176. The summed E-state index contributed by atoms with van der Waals surface area (Å²) in [5.74, 6) is -0.670. The third kappa shape index (κ3) is 6.01. The summed E-state index contributed by atoms with van der Waals surface area (Å²) in [4.78, 5) is 17.3. The zero-order chi connectivity index (χ0) is 27.7. The van der Waals surface area contributed by atoms with E-state index in [4.69, 9.17) is 14.2 Å². The summed E-state index contributed by atoms with van der Waals surface area (Å²) < 4.78 is 44.2. The zero-order valence-electron chi connectivity index (χ0n) is 23.2. The van der Waals surface area contributed by atoms with Crippen LogP contribution in [-0.4, -0.2) is 75.3 Å². The van der Waals surface area contributed by atoms with Crippen molar-refractivity contribution in [2.24, 2.45) is 5.92 Å². The number of likely N-dealkylation sites (tertiary alicyclic amines) is 2. The quantitative estimate of drug-likeness (QED) is 0.522. The van der Waals surface area contributed by atoms with E-state index in [1.54, 1.807) is 42.5 Å². The second-order valence-electron chi connectivity index (χ2n) is 11.7. The molecule has 39 heavy (non-hydrogen) atoms. The van der Waals surface area contributed by atoms with Crippen LogP contribution in [0.3, 0.4) is 0 Å². The molecule has 0 spiro atoms. The van der Waals surface area contributed by atoms with E-state index in [9.17, 15) is 13.2 Å². The number of hydrogen-bond acceptors (Lipinski definition) is 7. The Kier molecular flexibility index (Phi) is 8.06. The number of piperidine rings is 2. The molecule has 212 valence electrons. The molecule has 2 aromatic rings. The average Bonchev–Trinajstić information content (AvgIpc) is 3.44. The molecule has 3 fully saturated rings. The van der Waals surface area contributed by atoms with E-state index in [0.29, 0.717) is 32.3 Å². The van der Waals surface area contributed by atoms with Gasteiger partial charge in [-0.1, -0.05) is 30.3 Å². The van der Waals surface area contributed by atoms with Crippen LogP contribution in [0, 0.1) is 5.92 Å². The van der Waals surface area contributed by atoms with Gasteiger partial charge in [-0.2, -0.15) is 0 Å². The van der Waals surface area contributed by atoms with Crippen LogP contribution in [0.25, 0.3) is 0 Å². The zero-order valence-corrected chi connectivity index (χ0v) is 24.0. The summed E-state index contributed by atoms with van der Waals surface area (Å²) in [6.45, 7) is 10.0. The predicted molar refractivity (Wildman–Crippen MR) is 147 cm³/mol. The van der Waals surface area contributed by atoms with Gasteiger partial charge in [0.2, 0.25) is 9.84 Å². The number of ether oxygens (including phenoxy) is 3. The maximum Gasteiger partial charge on any atom is 0.410 e. The SMILES string of the molecule is CC(C)(C)OC(=O)N1CCC(N2CCC(C3(c4ccc(S(=O)(=O)c5ccccc5)cc4)OCCO3)CC2)CC1. The summed E-state index contributed by atoms with van der Waals surface area (Å²) in [7, 11) is -3.58. The Morgan fingerprint density at radius 1 is 0.846 bits per heavy atom. The van der Waals surface area contributed by atoms with Crippen molar-refractivity contribution in [3.05, 3.63) is 60.2 Å². The van der Waals surface area contributed by atoms with E-state index in [0.717, 1.165) is 44.3 Å². The molecule has 0 atom stereocenters. The Morgan fingerprint density at radius 3 is 1.97 bits per heavy atom. The van der Waals surface area contributed by atoms with Crippen LogP contribution in [0.15, 0.2) is 64.4 Å². The van der Waals surface area contributed by atoms with Crippen molar-refractivity contribution >= 4 is 15.9 Å². The third-order valence-electron chi connectivity index (χ3n) is 8.04. The first-order valence-electron chi connectivity index (χ1n) is 14.0. The van der Waals surface area contributed by atoms with Gasteiger partial charge in [-0.3, -0.25) is 0 Å². The molecule has 3 aliphatic heterocycles. The first-order valence-corrected chi connectivity index (χ1v) is 15.5. The summed E-state index contributed by atoms with van der Waals surface area (Å²) in [5, 5.41) is 0. The van der Waals surface area contributed by atoms with Crippen LogP contribution in [0.2, 0.25) is 0 Å². The molecule has 0 bridgehead atoms. The standard InChI is InChI=1S/C30H40N2O6S/c1-29(2,3)38-28(33)32-19-15-25(16-20-32)31-17-13-24(14-18-31)30(36-21-22-37-30)23-9-11-27(12-10-23)39(34,35)26-7-5-4-6-8-26/h4-12,24-25H,13-22H2,1-3H3. The first-order chi connectivity index (χ1) is 18.6. The minimum atomic E-state index is -3.58. The topological polar surface area (TPSA) is 85.4 Å². The first kappa shape index (κ1) is 28.1. The molecule has 9 heteroatoms. The lowest BCUT2D eigenvalue weighted by Crippen LogP contribution is -2.51. The molecule has 2 aromatic carbocycles. The van der Waals surface area contributed by atoms with Crippen molar-refractivity contribution in [3.8, 4) is 0 Å². The third-order valence-corrected chi connectivity index (χ3v) is 9.82. The van der Waals surface area contributed by atoms with Crippen LogP contribution in [-0.2, 0) is 29.8 Å². The molecule has 1 amide bonds. The minimum Gasteiger partial charge on any atom is -0.444 e. The van der Waals surface area contributed by atoms with Crippen molar-refractivity contribution < 1.29 is 27.4 Å². The van der Waals surface area contributed by atoms with E-state index in [-0.39, 0.29) is 21.8 Å². The molecular formula is C30H40N2O6S. The highest BCUT2D eigenvalue weighted by Gasteiger charge is 2.47. The van der Waals surface area contributed by atoms with E-state index in [1.165, 1.54) is 0 Å². The summed E-state index contributed by atoms with van der Waals surface area (Å²) in [6, 6.07) is 16.0. The monoisotopic (exact) mass is 556 g/mol. The van der Waals surface area contributed by atoms with E-state index < -0.39 is 21.2 Å². The molecule has 0 aromatic heterocycles. The molecule has 0 radical (unpaired) electrons. The molecule has 3 aliphatic rings. The second kappa shape index (κ2) is 11.2. The molecular weight excluding hydrogens is 516 g/mol. The van der Waals surface area contributed by atoms with Gasteiger partial charge in [-0.25, -0.2) is 13.2 Å². The van der Waals surface area contributed by atoms with Gasteiger partial charge in [0.1, 0.15) is 5.60 Å². The fraction of sp³-hybridized carbons (Fsp3) is 0.567. The van der Waals surface area contributed by atoms with Gasteiger partial charge in [0.05, 0.1) is 23.0 Å². The van der Waals surface area contributed by atoms with Crippen molar-refractivity contribution in [1.82, 2.24) is 9.80 Å². The van der Waals surface area contributed by atoms with E-state index in [2.05, 4.69) is 4.90 Å².